The zero-order valence-corrected chi connectivity index (χ0v) is 26.1. The number of rotatable bonds is 13. The minimum atomic E-state index is -1.24. The van der Waals surface area contributed by atoms with Crippen molar-refractivity contribution in [1.82, 2.24) is 4.90 Å². The van der Waals surface area contributed by atoms with Gasteiger partial charge in [0.15, 0.2) is 0 Å². The summed E-state index contributed by atoms with van der Waals surface area (Å²) in [5.41, 5.74) is 1.39. The lowest BCUT2D eigenvalue weighted by molar-refractivity contribution is -0.156. The highest BCUT2D eigenvalue weighted by Gasteiger charge is 2.77. The van der Waals surface area contributed by atoms with Crippen LogP contribution in [0.25, 0.3) is 0 Å². The number of nitrogens with zero attached hydrogens (tertiary/aromatic N) is 2. The van der Waals surface area contributed by atoms with Gasteiger partial charge in [-0.05, 0) is 56.2 Å². The number of anilines is 1. The number of ether oxygens (including phenoxy) is 2. The molecule has 1 spiro atoms. The molecule has 2 amide bonds. The van der Waals surface area contributed by atoms with Crippen molar-refractivity contribution in [3.8, 4) is 0 Å². The summed E-state index contributed by atoms with van der Waals surface area (Å²) < 4.78 is 12.3. The van der Waals surface area contributed by atoms with Gasteiger partial charge in [0.05, 0.1) is 37.2 Å². The molecule has 3 heterocycles. The second-order valence-electron chi connectivity index (χ2n) is 11.7. The molecule has 3 saturated heterocycles. The second-order valence-corrected chi connectivity index (χ2v) is 12.8. The molecule has 0 radical (unpaired) electrons. The molecule has 3 fully saturated rings. The van der Waals surface area contributed by atoms with Crippen LogP contribution in [0.3, 0.4) is 0 Å². The fourth-order valence-corrected chi connectivity index (χ4v) is 7.82. The topological polar surface area (TPSA) is 96.4 Å². The van der Waals surface area contributed by atoms with E-state index in [9.17, 15) is 19.5 Å². The van der Waals surface area contributed by atoms with Crippen molar-refractivity contribution in [2.75, 3.05) is 24.7 Å². The summed E-state index contributed by atoms with van der Waals surface area (Å²) >= 11 is 3.71. The molecular formula is C32H43BrN2O6. The van der Waals surface area contributed by atoms with Gasteiger partial charge in [-0.3, -0.25) is 14.4 Å². The van der Waals surface area contributed by atoms with Gasteiger partial charge in [-0.15, -0.1) is 13.2 Å². The molecule has 3 aliphatic rings. The number of carbonyl (C=O) groups is 3. The van der Waals surface area contributed by atoms with Crippen LogP contribution in [0.5, 0.6) is 0 Å². The predicted molar refractivity (Wildman–Crippen MR) is 162 cm³/mol. The molecule has 9 heteroatoms. The quantitative estimate of drug-likeness (QED) is 0.149. The first-order valence-corrected chi connectivity index (χ1v) is 15.5. The van der Waals surface area contributed by atoms with Crippen LogP contribution in [0.15, 0.2) is 43.5 Å². The number of aryl methyl sites for hydroxylation is 2. The van der Waals surface area contributed by atoms with Crippen LogP contribution in [-0.2, 0) is 23.9 Å². The average Bonchev–Trinajstić information content (AvgIpc) is 3.54. The maximum atomic E-state index is 14.8. The first-order valence-electron chi connectivity index (χ1n) is 14.6. The third-order valence-electron chi connectivity index (χ3n) is 9.11. The summed E-state index contributed by atoms with van der Waals surface area (Å²) in [4.78, 5) is 45.7. The van der Waals surface area contributed by atoms with E-state index in [-0.39, 0.29) is 42.3 Å². The number of alkyl halides is 1. The van der Waals surface area contributed by atoms with E-state index in [4.69, 9.17) is 9.47 Å². The Bertz CT molecular complexity index is 1190. The maximum absolute atomic E-state index is 14.8. The van der Waals surface area contributed by atoms with Crippen molar-refractivity contribution in [3.63, 3.8) is 0 Å². The fraction of sp³-hybridized carbons (Fsp3) is 0.594. The van der Waals surface area contributed by atoms with E-state index in [0.29, 0.717) is 25.7 Å². The Kier molecular flexibility index (Phi) is 9.81. The van der Waals surface area contributed by atoms with Gasteiger partial charge in [-0.1, -0.05) is 60.5 Å². The van der Waals surface area contributed by atoms with Crippen LogP contribution in [-0.4, -0.2) is 76.2 Å². The van der Waals surface area contributed by atoms with E-state index in [2.05, 4.69) is 29.1 Å². The number of benzene rings is 1. The summed E-state index contributed by atoms with van der Waals surface area (Å²) in [6, 6.07) is 4.26. The van der Waals surface area contributed by atoms with E-state index < -0.39 is 41.6 Å². The summed E-state index contributed by atoms with van der Waals surface area (Å²) in [7, 11) is 0. The van der Waals surface area contributed by atoms with Crippen molar-refractivity contribution in [2.45, 2.75) is 82.0 Å². The molecule has 1 aromatic carbocycles. The third kappa shape index (κ3) is 5.41. The molecule has 3 aliphatic heterocycles. The van der Waals surface area contributed by atoms with E-state index in [1.165, 1.54) is 0 Å². The molecule has 41 heavy (non-hydrogen) atoms. The Morgan fingerprint density at radius 3 is 2.68 bits per heavy atom. The normalized spacial score (nSPS) is 29.7. The Balaban J connectivity index is 1.82. The van der Waals surface area contributed by atoms with Gasteiger partial charge < -0.3 is 24.4 Å². The molecular weight excluding hydrogens is 588 g/mol. The fourth-order valence-electron chi connectivity index (χ4n) is 6.88. The molecule has 8 nitrogen and oxygen atoms in total. The number of hydrogen-bond acceptors (Lipinski definition) is 6. The number of esters is 1. The van der Waals surface area contributed by atoms with E-state index in [1.807, 2.05) is 45.9 Å². The van der Waals surface area contributed by atoms with Crippen molar-refractivity contribution < 1.29 is 29.0 Å². The summed E-state index contributed by atoms with van der Waals surface area (Å²) in [6.07, 6.45) is 5.25. The molecule has 0 aromatic heterocycles. The maximum Gasteiger partial charge on any atom is 0.312 e. The number of hydrogen-bond donors (Lipinski definition) is 1. The van der Waals surface area contributed by atoms with Gasteiger partial charge in [-0.25, -0.2) is 0 Å². The van der Waals surface area contributed by atoms with Gasteiger partial charge in [0.1, 0.15) is 11.6 Å². The summed E-state index contributed by atoms with van der Waals surface area (Å²) in [6.45, 7) is 15.6. The van der Waals surface area contributed by atoms with Crippen molar-refractivity contribution in [1.29, 1.82) is 0 Å². The molecule has 0 aliphatic carbocycles. The van der Waals surface area contributed by atoms with Gasteiger partial charge in [-0.2, -0.15) is 0 Å². The number of aliphatic hydroxyl groups excluding tert-OH is 1. The van der Waals surface area contributed by atoms with Crippen molar-refractivity contribution >= 4 is 39.4 Å². The monoisotopic (exact) mass is 630 g/mol. The lowest BCUT2D eigenvalue weighted by Crippen LogP contribution is -2.60. The lowest BCUT2D eigenvalue weighted by Gasteiger charge is -2.41. The molecule has 2 bridgehead atoms. The standard InChI is InChI=1S/C32H43BrN2O6/c1-7-10-11-15-40-31(39)25-26-29(37)35(24(18-36)20(5)9-3)28(32(26)17-22(33)27(25)41-32)30(38)34(14-8-2)23-16-19(4)12-13-21(23)6/h7-8,12-13,16,20,22,24-28,36H,1-2,9-11,14-15,17-18H2,3-6H3/t20-,22?,24-,25+,26-,27+,28?,32?/m0/s1. The minimum absolute atomic E-state index is 0.0932. The number of aliphatic hydroxyl groups is 1. The van der Waals surface area contributed by atoms with Crippen molar-refractivity contribution in [2.24, 2.45) is 17.8 Å². The zero-order chi connectivity index (χ0) is 30.1. The Morgan fingerprint density at radius 1 is 1.32 bits per heavy atom. The summed E-state index contributed by atoms with van der Waals surface area (Å²) in [5.74, 6) is -2.96. The van der Waals surface area contributed by atoms with Crippen LogP contribution < -0.4 is 4.90 Å². The van der Waals surface area contributed by atoms with E-state index in [0.717, 1.165) is 16.8 Å². The minimum Gasteiger partial charge on any atom is -0.465 e. The van der Waals surface area contributed by atoms with Gasteiger partial charge in [0, 0.05) is 17.1 Å². The first-order chi connectivity index (χ1) is 19.6. The van der Waals surface area contributed by atoms with Crippen LogP contribution in [0.2, 0.25) is 0 Å². The molecule has 1 aromatic rings. The Labute approximate surface area is 251 Å². The highest BCUT2D eigenvalue weighted by molar-refractivity contribution is 9.09. The second kappa shape index (κ2) is 12.8. The Morgan fingerprint density at radius 2 is 2.05 bits per heavy atom. The van der Waals surface area contributed by atoms with Crippen LogP contribution in [0, 0.1) is 31.6 Å². The largest absolute Gasteiger partial charge is 0.465 e. The van der Waals surface area contributed by atoms with Crippen LogP contribution >= 0.6 is 15.9 Å². The molecule has 8 atom stereocenters. The number of carbonyl (C=O) groups excluding carboxylic acids is 3. The smallest absolute Gasteiger partial charge is 0.312 e. The number of halogens is 1. The Hall–Kier alpha value is -2.49. The molecule has 3 unspecified atom stereocenters. The number of amides is 2. The highest BCUT2D eigenvalue weighted by Crippen LogP contribution is 2.61. The molecule has 4 rings (SSSR count). The van der Waals surface area contributed by atoms with Gasteiger partial charge in [0.25, 0.3) is 5.91 Å². The predicted octanol–water partition coefficient (Wildman–Crippen LogP) is 4.49. The van der Waals surface area contributed by atoms with Crippen molar-refractivity contribution in [3.05, 3.63) is 54.6 Å². The third-order valence-corrected chi connectivity index (χ3v) is 9.95. The van der Waals surface area contributed by atoms with Gasteiger partial charge in [0.2, 0.25) is 5.91 Å². The van der Waals surface area contributed by atoms with E-state index >= 15 is 0 Å². The zero-order valence-electron chi connectivity index (χ0n) is 24.6. The molecule has 224 valence electrons. The number of fused-ring (bicyclic) bond motifs is 1. The number of unbranched alkanes of at least 4 members (excludes halogenated alkanes) is 1. The number of allylic oxidation sites excluding steroid dienone is 1. The average molecular weight is 632 g/mol. The lowest BCUT2D eigenvalue weighted by atomic mass is 9.70. The summed E-state index contributed by atoms with van der Waals surface area (Å²) in [5, 5.41) is 10.6. The van der Waals surface area contributed by atoms with Crippen LogP contribution in [0.1, 0.15) is 50.7 Å². The first kappa shape index (κ1) is 31.4. The van der Waals surface area contributed by atoms with Crippen LogP contribution in [0.4, 0.5) is 5.69 Å². The van der Waals surface area contributed by atoms with E-state index in [1.54, 1.807) is 22.0 Å². The molecule has 1 N–H and O–H groups in total. The number of likely N-dealkylation sites (tertiary alicyclic amines) is 1. The SMILES string of the molecule is C=CCCCOC(=O)[C@H]1[C@@H]2OC3(CC2Br)C(C(=O)N(CC=C)c2cc(C)ccc2C)N([C@@H](CO)[C@@H](C)CC)C(=O)[C@H]13. The molecule has 0 saturated carbocycles. The van der Waals surface area contributed by atoms with Gasteiger partial charge >= 0.3 is 5.97 Å². The highest BCUT2D eigenvalue weighted by atomic mass is 79.9.